The van der Waals surface area contributed by atoms with Crippen LogP contribution in [-0.4, -0.2) is 59.9 Å². The highest BCUT2D eigenvalue weighted by molar-refractivity contribution is 5.76. The van der Waals surface area contributed by atoms with Gasteiger partial charge < -0.3 is 15.5 Å². The molecule has 218 valence electrons. The molecule has 0 unspecified atom stereocenters. The first-order valence-electron chi connectivity index (χ1n) is 13.0. The predicted molar refractivity (Wildman–Crippen MR) is 136 cm³/mol. The molecule has 0 aromatic heterocycles. The van der Waals surface area contributed by atoms with Gasteiger partial charge in [-0.3, -0.25) is 9.69 Å². The van der Waals surface area contributed by atoms with Gasteiger partial charge in [0.05, 0.1) is 29.8 Å². The summed E-state index contributed by atoms with van der Waals surface area (Å²) in [5.74, 6) is -0.298. The van der Waals surface area contributed by atoms with Crippen molar-refractivity contribution in [1.82, 2.24) is 14.7 Å². The highest BCUT2D eigenvalue weighted by atomic mass is 19.4. The van der Waals surface area contributed by atoms with E-state index in [9.17, 15) is 35.9 Å². The van der Waals surface area contributed by atoms with Gasteiger partial charge in [0.15, 0.2) is 0 Å². The Hall–Kier alpha value is -3.28. The van der Waals surface area contributed by atoms with Gasteiger partial charge in [0.1, 0.15) is 0 Å². The van der Waals surface area contributed by atoms with Crippen LogP contribution >= 0.6 is 0 Å². The van der Waals surface area contributed by atoms with E-state index >= 15 is 0 Å². The van der Waals surface area contributed by atoms with Crippen molar-refractivity contribution in [2.75, 3.05) is 33.2 Å². The van der Waals surface area contributed by atoms with Crippen LogP contribution < -0.4 is 5.73 Å². The van der Waals surface area contributed by atoms with Crippen LogP contribution in [-0.2, 0) is 17.1 Å². The van der Waals surface area contributed by atoms with Gasteiger partial charge in [0.2, 0.25) is 5.91 Å². The first-order chi connectivity index (χ1) is 18.6. The molecule has 2 aromatic rings. The number of likely N-dealkylation sites (tertiary alicyclic amines) is 2. The Morgan fingerprint density at radius 1 is 1.02 bits per heavy atom. The summed E-state index contributed by atoms with van der Waals surface area (Å²) in [5.41, 5.74) is 4.15. The number of nitrogens with two attached hydrogens (primary N) is 1. The molecule has 0 saturated carbocycles. The van der Waals surface area contributed by atoms with Crippen LogP contribution in [0.3, 0.4) is 0 Å². The molecule has 0 aliphatic carbocycles. The van der Waals surface area contributed by atoms with Gasteiger partial charge in [-0.25, -0.2) is 4.79 Å². The quantitative estimate of drug-likeness (QED) is 0.474. The minimum atomic E-state index is -4.99. The molecule has 0 spiro atoms. The highest BCUT2D eigenvalue weighted by Crippen LogP contribution is 2.45. The number of carbonyl (C=O) groups is 2. The monoisotopic (exact) mass is 570 g/mol. The number of fused-ring (bicyclic) bond motifs is 1. The van der Waals surface area contributed by atoms with Crippen LogP contribution in [0.15, 0.2) is 42.5 Å². The normalized spacial score (nSPS) is 22.6. The lowest BCUT2D eigenvalue weighted by Crippen LogP contribution is -2.51. The van der Waals surface area contributed by atoms with Crippen molar-refractivity contribution >= 4 is 11.9 Å². The molecule has 12 heteroatoms. The van der Waals surface area contributed by atoms with E-state index in [0.29, 0.717) is 38.2 Å². The zero-order chi connectivity index (χ0) is 29.6. The molecular formula is C28H32F6N4O2. The maximum Gasteiger partial charge on any atom is 0.416 e. The molecule has 40 heavy (non-hydrogen) atoms. The molecule has 2 aliphatic heterocycles. The fraction of sp³-hybridized carbons (Fsp3) is 0.500. The number of hydrogen-bond acceptors (Lipinski definition) is 3. The maximum absolute atomic E-state index is 13.9. The second-order valence-corrected chi connectivity index (χ2v) is 10.8. The summed E-state index contributed by atoms with van der Waals surface area (Å²) in [5, 5.41) is 0. The van der Waals surface area contributed by atoms with Crippen LogP contribution in [0.2, 0.25) is 0 Å². The summed E-state index contributed by atoms with van der Waals surface area (Å²) in [6.45, 7) is 4.94. The number of piperidine rings is 1. The van der Waals surface area contributed by atoms with Crippen molar-refractivity contribution < 1.29 is 35.9 Å². The number of hydrogen-bond donors (Lipinski definition) is 1. The standard InChI is InChI=1S/C28H32F6N4O2/c1-16-6-4-5-7-22(16)25-23-14-37(15-24(35)39)13-18(23)8-9-38(25)26(40)36(3)17(2)19-10-20(27(29,30)31)12-21(11-19)28(32,33)34/h4-7,10-12,17-18,23,25H,8-9,13-15H2,1-3H3,(H2,35,39)/t17-,18-,23-,25+/m1/s1. The Balaban J connectivity index is 1.68. The van der Waals surface area contributed by atoms with E-state index in [1.807, 2.05) is 36.1 Å². The van der Waals surface area contributed by atoms with Crippen molar-refractivity contribution in [3.05, 3.63) is 70.3 Å². The van der Waals surface area contributed by atoms with Crippen molar-refractivity contribution in [2.45, 2.75) is 44.7 Å². The third-order valence-electron chi connectivity index (χ3n) is 8.16. The average Bonchev–Trinajstić information content (AvgIpc) is 3.27. The Bertz CT molecular complexity index is 1230. The fourth-order valence-electron chi connectivity index (χ4n) is 6.02. The molecule has 4 rings (SSSR count). The Morgan fingerprint density at radius 3 is 2.17 bits per heavy atom. The molecule has 2 saturated heterocycles. The third-order valence-corrected chi connectivity index (χ3v) is 8.16. The summed E-state index contributed by atoms with van der Waals surface area (Å²) in [4.78, 5) is 30.3. The number of nitrogens with zero attached hydrogens (tertiary/aromatic N) is 3. The van der Waals surface area contributed by atoms with Crippen molar-refractivity contribution in [3.8, 4) is 0 Å². The highest BCUT2D eigenvalue weighted by Gasteiger charge is 2.47. The Labute approximate surface area is 228 Å². The van der Waals surface area contributed by atoms with Crippen molar-refractivity contribution in [2.24, 2.45) is 17.6 Å². The zero-order valence-corrected chi connectivity index (χ0v) is 22.4. The number of amides is 3. The Kier molecular flexibility index (Phi) is 8.13. The van der Waals surface area contributed by atoms with E-state index in [-0.39, 0.29) is 30.0 Å². The fourth-order valence-corrected chi connectivity index (χ4v) is 6.02. The van der Waals surface area contributed by atoms with Crippen LogP contribution in [0.4, 0.5) is 31.1 Å². The minimum Gasteiger partial charge on any atom is -0.369 e. The lowest BCUT2D eigenvalue weighted by Gasteiger charge is -2.45. The van der Waals surface area contributed by atoms with Gasteiger partial charge in [-0.15, -0.1) is 0 Å². The molecule has 0 radical (unpaired) electrons. The molecule has 2 fully saturated rings. The minimum absolute atomic E-state index is 0.0350. The molecule has 6 nitrogen and oxygen atoms in total. The average molecular weight is 571 g/mol. The van der Waals surface area contributed by atoms with Crippen molar-refractivity contribution in [3.63, 3.8) is 0 Å². The van der Waals surface area contributed by atoms with Gasteiger partial charge in [-0.1, -0.05) is 24.3 Å². The zero-order valence-electron chi connectivity index (χ0n) is 22.4. The largest absolute Gasteiger partial charge is 0.416 e. The van der Waals surface area contributed by atoms with Gasteiger partial charge >= 0.3 is 18.4 Å². The van der Waals surface area contributed by atoms with Gasteiger partial charge in [-0.2, -0.15) is 26.3 Å². The molecule has 3 amide bonds. The first-order valence-corrected chi connectivity index (χ1v) is 13.0. The van der Waals surface area contributed by atoms with Crippen LogP contribution in [0.1, 0.15) is 53.2 Å². The van der Waals surface area contributed by atoms with Crippen LogP contribution in [0, 0.1) is 18.8 Å². The Morgan fingerprint density at radius 2 is 1.62 bits per heavy atom. The second kappa shape index (κ2) is 10.9. The maximum atomic E-state index is 13.9. The number of carbonyl (C=O) groups excluding carboxylic acids is 2. The molecule has 2 aromatic carbocycles. The summed E-state index contributed by atoms with van der Waals surface area (Å²) in [6, 6.07) is 7.00. The predicted octanol–water partition coefficient (Wildman–Crippen LogP) is 5.63. The van der Waals surface area contributed by atoms with Gasteiger partial charge in [0.25, 0.3) is 0 Å². The van der Waals surface area contributed by atoms with E-state index in [0.717, 1.165) is 11.1 Å². The number of alkyl halides is 6. The molecule has 2 N–H and O–H groups in total. The number of urea groups is 1. The summed E-state index contributed by atoms with van der Waals surface area (Å²) >= 11 is 0. The summed E-state index contributed by atoms with van der Waals surface area (Å²) in [6.07, 6.45) is -9.34. The summed E-state index contributed by atoms with van der Waals surface area (Å²) < 4.78 is 80.8. The number of rotatable bonds is 5. The number of halogens is 6. The van der Waals surface area contributed by atoms with E-state index in [1.54, 1.807) is 4.90 Å². The number of benzene rings is 2. The lowest BCUT2D eigenvalue weighted by molar-refractivity contribution is -0.143. The topological polar surface area (TPSA) is 69.9 Å². The third kappa shape index (κ3) is 6.06. The summed E-state index contributed by atoms with van der Waals surface area (Å²) in [7, 11) is 1.38. The van der Waals surface area contributed by atoms with E-state index in [2.05, 4.69) is 0 Å². The van der Waals surface area contributed by atoms with E-state index in [4.69, 9.17) is 5.73 Å². The van der Waals surface area contributed by atoms with Gasteiger partial charge in [0, 0.05) is 32.6 Å². The van der Waals surface area contributed by atoms with Crippen LogP contribution in [0.25, 0.3) is 0 Å². The first kappa shape index (κ1) is 29.7. The second-order valence-electron chi connectivity index (χ2n) is 10.8. The van der Waals surface area contributed by atoms with Crippen LogP contribution in [0.5, 0.6) is 0 Å². The van der Waals surface area contributed by atoms with Crippen molar-refractivity contribution in [1.29, 1.82) is 0 Å². The molecule has 4 atom stereocenters. The smallest absolute Gasteiger partial charge is 0.369 e. The molecular weight excluding hydrogens is 538 g/mol. The SMILES string of the molecule is Cc1ccccc1[C@H]1[C@@H]2CN(CC(N)=O)C[C@H]2CCN1C(=O)N(C)[C@H](C)c1cc(C(F)(F)F)cc(C(F)(F)F)c1. The van der Waals surface area contributed by atoms with Gasteiger partial charge in [-0.05, 0) is 61.1 Å². The number of primary amides is 1. The van der Waals surface area contributed by atoms with E-state index < -0.39 is 47.5 Å². The van der Waals surface area contributed by atoms with E-state index in [1.165, 1.54) is 18.9 Å². The number of aryl methyl sites for hydroxylation is 1. The molecule has 2 heterocycles. The molecule has 2 aliphatic rings. The molecule has 0 bridgehead atoms. The lowest BCUT2D eigenvalue weighted by atomic mass is 9.78.